The zero-order chi connectivity index (χ0) is 16.5. The highest BCUT2D eigenvalue weighted by atomic mass is 32.2. The number of sulfonamides is 1. The summed E-state index contributed by atoms with van der Waals surface area (Å²) in [6.07, 6.45) is 1.60. The Kier molecular flexibility index (Phi) is 4.54. The van der Waals surface area contributed by atoms with Gasteiger partial charge in [0.25, 0.3) is 5.69 Å². The zero-order valence-corrected chi connectivity index (χ0v) is 13.5. The molecule has 1 saturated heterocycles. The van der Waals surface area contributed by atoms with Crippen molar-refractivity contribution in [2.75, 3.05) is 19.3 Å². The third-order valence-electron chi connectivity index (χ3n) is 3.67. The molecule has 0 unspecified atom stereocenters. The van der Waals surface area contributed by atoms with E-state index >= 15 is 0 Å². The van der Waals surface area contributed by atoms with Crippen LogP contribution in [0.25, 0.3) is 0 Å². The highest BCUT2D eigenvalue weighted by Crippen LogP contribution is 2.25. The quantitative estimate of drug-likeness (QED) is 0.587. The van der Waals surface area contributed by atoms with E-state index < -0.39 is 30.0 Å². The van der Waals surface area contributed by atoms with E-state index in [0.29, 0.717) is 0 Å². The van der Waals surface area contributed by atoms with Gasteiger partial charge >= 0.3 is 0 Å². The van der Waals surface area contributed by atoms with Crippen LogP contribution in [0.3, 0.4) is 0 Å². The van der Waals surface area contributed by atoms with Gasteiger partial charge in [0.05, 0.1) is 15.1 Å². The molecule has 0 spiro atoms. The lowest BCUT2D eigenvalue weighted by atomic mass is 10.2. The molecule has 1 aliphatic heterocycles. The van der Waals surface area contributed by atoms with Crippen LogP contribution in [0.15, 0.2) is 29.2 Å². The molecule has 8 nitrogen and oxygen atoms in total. The first kappa shape index (κ1) is 16.8. The van der Waals surface area contributed by atoms with Crippen molar-refractivity contribution in [1.29, 1.82) is 0 Å². The van der Waals surface area contributed by atoms with E-state index in [1.54, 1.807) is 0 Å². The SMILES string of the molecule is CS(=O)(=O)C1CCN(S(=O)(=O)c2cccc([N+](=O)[O-])c2)CC1. The largest absolute Gasteiger partial charge is 0.270 e. The number of nitrogens with zero attached hydrogens (tertiary/aromatic N) is 2. The number of sulfone groups is 1. The smallest absolute Gasteiger partial charge is 0.258 e. The summed E-state index contributed by atoms with van der Waals surface area (Å²) in [6, 6.07) is 4.84. The Morgan fingerprint density at radius 2 is 1.77 bits per heavy atom. The summed E-state index contributed by atoms with van der Waals surface area (Å²) in [7, 11) is -7.04. The van der Waals surface area contributed by atoms with Crippen molar-refractivity contribution >= 4 is 25.5 Å². The predicted molar refractivity (Wildman–Crippen MR) is 79.7 cm³/mol. The first-order chi connectivity index (χ1) is 10.1. The Bertz CT molecular complexity index is 780. The van der Waals surface area contributed by atoms with Crippen LogP contribution in [0.2, 0.25) is 0 Å². The van der Waals surface area contributed by atoms with E-state index in [1.807, 2.05) is 0 Å². The minimum Gasteiger partial charge on any atom is -0.258 e. The molecule has 0 aromatic heterocycles. The van der Waals surface area contributed by atoms with Crippen LogP contribution in [0, 0.1) is 10.1 Å². The molecule has 0 amide bonds. The third-order valence-corrected chi connectivity index (χ3v) is 7.25. The first-order valence-electron chi connectivity index (χ1n) is 6.56. The molecule has 1 fully saturated rings. The summed E-state index contributed by atoms with van der Waals surface area (Å²) in [4.78, 5) is 9.93. The molecule has 0 radical (unpaired) electrons. The van der Waals surface area contributed by atoms with Gasteiger partial charge < -0.3 is 0 Å². The Morgan fingerprint density at radius 3 is 2.27 bits per heavy atom. The fourth-order valence-electron chi connectivity index (χ4n) is 2.41. The number of rotatable bonds is 4. The van der Waals surface area contributed by atoms with Gasteiger partial charge in [-0.2, -0.15) is 4.31 Å². The van der Waals surface area contributed by atoms with Crippen molar-refractivity contribution in [3.63, 3.8) is 0 Å². The predicted octanol–water partition coefficient (Wildman–Crippen LogP) is 0.793. The standard InChI is InChI=1S/C12H16N2O6S2/c1-21(17,18)11-5-7-13(8-6-11)22(19,20)12-4-2-3-10(9-12)14(15)16/h2-4,9,11H,5-8H2,1H3. The molecule has 1 aromatic carbocycles. The highest BCUT2D eigenvalue weighted by molar-refractivity contribution is 7.91. The average molecular weight is 348 g/mol. The van der Waals surface area contributed by atoms with Crippen molar-refractivity contribution in [3.05, 3.63) is 34.4 Å². The van der Waals surface area contributed by atoms with Gasteiger partial charge in [-0.3, -0.25) is 10.1 Å². The number of hydrogen-bond acceptors (Lipinski definition) is 6. The number of nitro groups is 1. The number of benzene rings is 1. The minimum absolute atomic E-state index is 0.0861. The van der Waals surface area contributed by atoms with Crippen LogP contribution in [0.5, 0.6) is 0 Å². The summed E-state index contributed by atoms with van der Waals surface area (Å²) < 4.78 is 49.1. The van der Waals surface area contributed by atoms with Crippen molar-refractivity contribution in [1.82, 2.24) is 4.31 Å². The second-order valence-corrected chi connectivity index (χ2v) is 9.45. The Morgan fingerprint density at radius 1 is 1.18 bits per heavy atom. The fourth-order valence-corrected chi connectivity index (χ4v) is 4.98. The van der Waals surface area contributed by atoms with Gasteiger partial charge in [-0.25, -0.2) is 16.8 Å². The van der Waals surface area contributed by atoms with E-state index in [2.05, 4.69) is 0 Å². The van der Waals surface area contributed by atoms with Crippen LogP contribution < -0.4 is 0 Å². The fraction of sp³-hybridized carbons (Fsp3) is 0.500. The lowest BCUT2D eigenvalue weighted by molar-refractivity contribution is -0.385. The average Bonchev–Trinajstić information content (AvgIpc) is 2.46. The summed E-state index contributed by atoms with van der Waals surface area (Å²) in [6.45, 7) is 0.172. The molecule has 0 saturated carbocycles. The van der Waals surface area contributed by atoms with E-state index in [1.165, 1.54) is 22.5 Å². The van der Waals surface area contributed by atoms with Crippen LogP contribution in [-0.2, 0) is 19.9 Å². The molecule has 1 aliphatic rings. The monoisotopic (exact) mass is 348 g/mol. The van der Waals surface area contributed by atoms with Gasteiger partial charge in [0.2, 0.25) is 10.0 Å². The number of non-ortho nitro benzene ring substituents is 1. The molecule has 10 heteroatoms. The first-order valence-corrected chi connectivity index (χ1v) is 9.95. The summed E-state index contributed by atoms with van der Waals surface area (Å²) in [5.41, 5.74) is -0.299. The second kappa shape index (κ2) is 5.94. The van der Waals surface area contributed by atoms with Crippen LogP contribution >= 0.6 is 0 Å². The number of piperidine rings is 1. The molecule has 122 valence electrons. The van der Waals surface area contributed by atoms with Gasteiger partial charge in [0.15, 0.2) is 0 Å². The summed E-state index contributed by atoms with van der Waals surface area (Å²) >= 11 is 0. The Balaban J connectivity index is 2.22. The maximum atomic E-state index is 12.5. The molecular weight excluding hydrogens is 332 g/mol. The number of hydrogen-bond donors (Lipinski definition) is 0. The van der Waals surface area contributed by atoms with Crippen molar-refractivity contribution in [2.45, 2.75) is 23.0 Å². The van der Waals surface area contributed by atoms with E-state index in [9.17, 15) is 26.9 Å². The van der Waals surface area contributed by atoms with E-state index in [0.717, 1.165) is 12.3 Å². The van der Waals surface area contributed by atoms with Crippen LogP contribution in [0.1, 0.15) is 12.8 Å². The molecule has 22 heavy (non-hydrogen) atoms. The van der Waals surface area contributed by atoms with Crippen molar-refractivity contribution < 1.29 is 21.8 Å². The zero-order valence-electron chi connectivity index (χ0n) is 11.9. The highest BCUT2D eigenvalue weighted by Gasteiger charge is 2.33. The third kappa shape index (κ3) is 3.45. The van der Waals surface area contributed by atoms with Gasteiger partial charge in [-0.05, 0) is 18.9 Å². The van der Waals surface area contributed by atoms with E-state index in [4.69, 9.17) is 0 Å². The summed E-state index contributed by atoms with van der Waals surface area (Å²) in [5.74, 6) is 0. The maximum absolute atomic E-state index is 12.5. The molecule has 2 rings (SSSR count). The van der Waals surface area contributed by atoms with Crippen molar-refractivity contribution in [2.24, 2.45) is 0 Å². The van der Waals surface area contributed by atoms with Crippen LogP contribution in [0.4, 0.5) is 5.69 Å². The number of nitro benzene ring substituents is 1. The summed E-state index contributed by atoms with van der Waals surface area (Å²) in [5, 5.41) is 10.2. The van der Waals surface area contributed by atoms with Gasteiger partial charge in [-0.1, -0.05) is 6.07 Å². The molecule has 1 aromatic rings. The molecular formula is C12H16N2O6S2. The minimum atomic E-state index is -3.85. The lowest BCUT2D eigenvalue weighted by Gasteiger charge is -2.30. The molecule has 0 N–H and O–H groups in total. The van der Waals surface area contributed by atoms with Crippen molar-refractivity contribution in [3.8, 4) is 0 Å². The van der Waals surface area contributed by atoms with Gasteiger partial charge in [0, 0.05) is 31.5 Å². The normalized spacial score (nSPS) is 18.2. The van der Waals surface area contributed by atoms with E-state index in [-0.39, 0.29) is 36.5 Å². The molecule has 0 aliphatic carbocycles. The Labute approximate surface area is 128 Å². The second-order valence-electron chi connectivity index (χ2n) is 5.19. The lowest BCUT2D eigenvalue weighted by Crippen LogP contribution is -2.42. The topological polar surface area (TPSA) is 115 Å². The Hall–Kier alpha value is -1.52. The van der Waals surface area contributed by atoms with Crippen LogP contribution in [-0.4, -0.2) is 50.7 Å². The maximum Gasteiger partial charge on any atom is 0.270 e. The molecule has 0 bridgehead atoms. The molecule has 1 heterocycles. The molecule has 0 atom stereocenters. The van der Waals surface area contributed by atoms with Gasteiger partial charge in [-0.15, -0.1) is 0 Å². The van der Waals surface area contributed by atoms with Gasteiger partial charge in [0.1, 0.15) is 9.84 Å².